The van der Waals surface area contributed by atoms with Crippen LogP contribution in [0.15, 0.2) is 97.1 Å². The molecule has 2 N–H and O–H groups in total. The number of fused-ring (bicyclic) bond motifs is 10. The van der Waals surface area contributed by atoms with Gasteiger partial charge in [-0.2, -0.15) is 0 Å². The van der Waals surface area contributed by atoms with Crippen molar-refractivity contribution < 1.29 is 47.7 Å². The smallest absolute Gasteiger partial charge is 0.333 e. The maximum Gasteiger partial charge on any atom is 0.333 e. The molecule has 8 atom stereocenters. The number of ether oxygens (including phenoxy) is 4. The summed E-state index contributed by atoms with van der Waals surface area (Å²) in [5, 5.41) is 0. The fraction of sp³-hybridized carbons (Fsp3) is 0.333. The highest BCUT2D eigenvalue weighted by atomic mass is 16.6. The van der Waals surface area contributed by atoms with Crippen LogP contribution in [0.5, 0.6) is 0 Å². The molecule has 4 bridgehead atoms. The third-order valence-electron chi connectivity index (χ3n) is 10.9. The number of rotatable bonds is 10. The number of imide groups is 2. The lowest BCUT2D eigenvalue weighted by atomic mass is 9.77. The van der Waals surface area contributed by atoms with Crippen LogP contribution in [0.4, 0.5) is 11.4 Å². The first kappa shape index (κ1) is 33.6. The molecule has 0 aliphatic carbocycles. The molecular weight excluding hydrogens is 670 g/mol. The van der Waals surface area contributed by atoms with Crippen LogP contribution >= 0.6 is 0 Å². The molecule has 52 heavy (non-hydrogen) atoms. The molecule has 0 spiro atoms. The van der Waals surface area contributed by atoms with E-state index in [-0.39, 0.29) is 24.4 Å². The van der Waals surface area contributed by atoms with Gasteiger partial charge < -0.3 is 24.7 Å². The minimum absolute atomic E-state index is 0.211. The SMILES string of the molecule is C=C(C)C(=O)OCC12C=CC(O1)C1C(=O)N(c3ccc(C(N)c4ccc(N5C(=O)C6C7C=CC(COC(=O)C(=C)C)(O7)C6C5=O)cc4)cc3)C(=O)C12. The predicted octanol–water partition coefficient (Wildman–Crippen LogP) is 2.60. The van der Waals surface area contributed by atoms with Gasteiger partial charge in [0, 0.05) is 11.1 Å². The number of amides is 4. The van der Waals surface area contributed by atoms with Crippen LogP contribution in [-0.4, -0.2) is 72.2 Å². The number of carbonyl (C=O) groups excluding carboxylic acids is 6. The second kappa shape index (κ2) is 11.8. The first-order valence-corrected chi connectivity index (χ1v) is 16.9. The van der Waals surface area contributed by atoms with Gasteiger partial charge in [-0.15, -0.1) is 0 Å². The summed E-state index contributed by atoms with van der Waals surface area (Å²) in [7, 11) is 0. The maximum atomic E-state index is 13.7. The Morgan fingerprint density at radius 1 is 0.692 bits per heavy atom. The molecule has 13 heteroatoms. The van der Waals surface area contributed by atoms with Gasteiger partial charge in [0.2, 0.25) is 23.6 Å². The highest BCUT2D eigenvalue weighted by molar-refractivity contribution is 6.24. The van der Waals surface area contributed by atoms with Gasteiger partial charge >= 0.3 is 11.9 Å². The van der Waals surface area contributed by atoms with E-state index >= 15 is 0 Å². The van der Waals surface area contributed by atoms with Crippen molar-refractivity contribution in [1.82, 2.24) is 0 Å². The minimum atomic E-state index is -1.23. The minimum Gasteiger partial charge on any atom is -0.459 e. The number of hydrogen-bond acceptors (Lipinski definition) is 11. The van der Waals surface area contributed by atoms with Gasteiger partial charge in [-0.1, -0.05) is 49.6 Å². The summed E-state index contributed by atoms with van der Waals surface area (Å²) in [6, 6.07) is 12.9. The molecule has 266 valence electrons. The summed E-state index contributed by atoms with van der Waals surface area (Å²) in [6.07, 6.45) is 5.65. The Bertz CT molecular complexity index is 1910. The van der Waals surface area contributed by atoms with E-state index in [0.717, 1.165) is 9.80 Å². The topological polar surface area (TPSA) is 172 Å². The molecule has 4 fully saturated rings. The quantitative estimate of drug-likeness (QED) is 0.167. The molecule has 6 aliphatic heterocycles. The van der Waals surface area contributed by atoms with E-state index < -0.39 is 88.7 Å². The summed E-state index contributed by atoms with van der Waals surface area (Å²) in [5.41, 5.74) is 6.72. The van der Waals surface area contributed by atoms with Crippen LogP contribution in [-0.2, 0) is 47.7 Å². The average molecular weight is 706 g/mol. The van der Waals surface area contributed by atoms with Crippen molar-refractivity contribution in [2.75, 3.05) is 23.0 Å². The Labute approximate surface area is 298 Å². The van der Waals surface area contributed by atoms with Crippen LogP contribution in [0.3, 0.4) is 0 Å². The number of anilines is 2. The van der Waals surface area contributed by atoms with E-state index in [0.29, 0.717) is 22.5 Å². The monoisotopic (exact) mass is 705 g/mol. The van der Waals surface area contributed by atoms with Crippen LogP contribution in [0.25, 0.3) is 0 Å². The zero-order valence-electron chi connectivity index (χ0n) is 28.4. The first-order valence-electron chi connectivity index (χ1n) is 16.9. The highest BCUT2D eigenvalue weighted by Gasteiger charge is 2.69. The fourth-order valence-electron chi connectivity index (χ4n) is 8.30. The second-order valence-corrected chi connectivity index (χ2v) is 14.2. The van der Waals surface area contributed by atoms with E-state index in [1.165, 1.54) is 13.8 Å². The van der Waals surface area contributed by atoms with Gasteiger partial charge in [0.15, 0.2) is 0 Å². The molecule has 6 aliphatic rings. The third-order valence-corrected chi connectivity index (χ3v) is 10.9. The zero-order valence-corrected chi connectivity index (χ0v) is 28.4. The van der Waals surface area contributed by atoms with E-state index in [1.54, 1.807) is 72.8 Å². The Hall–Kier alpha value is -5.50. The lowest BCUT2D eigenvalue weighted by Crippen LogP contribution is -2.44. The number of hydrogen-bond donors (Lipinski definition) is 1. The van der Waals surface area contributed by atoms with Crippen molar-refractivity contribution in [3.05, 3.63) is 108 Å². The Morgan fingerprint density at radius 2 is 1.06 bits per heavy atom. The van der Waals surface area contributed by atoms with E-state index in [4.69, 9.17) is 24.7 Å². The summed E-state index contributed by atoms with van der Waals surface area (Å²) >= 11 is 0. The van der Waals surface area contributed by atoms with E-state index in [1.807, 2.05) is 0 Å². The Morgan fingerprint density at radius 3 is 1.40 bits per heavy atom. The number of esters is 2. The number of carbonyl (C=O) groups is 6. The maximum absolute atomic E-state index is 13.7. The van der Waals surface area contributed by atoms with E-state index in [9.17, 15) is 28.8 Å². The number of benzene rings is 2. The Kier molecular flexibility index (Phi) is 7.61. The van der Waals surface area contributed by atoms with Crippen LogP contribution in [0.1, 0.15) is 31.0 Å². The Balaban J connectivity index is 0.956. The third kappa shape index (κ3) is 4.80. The average Bonchev–Trinajstić information content (AvgIpc) is 3.97. The zero-order chi connectivity index (χ0) is 36.9. The summed E-state index contributed by atoms with van der Waals surface area (Å²) in [5.74, 6) is -6.04. The van der Waals surface area contributed by atoms with Gasteiger partial charge in [0.05, 0.1) is 53.3 Å². The van der Waals surface area contributed by atoms with Gasteiger partial charge in [0.25, 0.3) is 0 Å². The normalized spacial score (nSPS) is 32.4. The van der Waals surface area contributed by atoms with Crippen LogP contribution in [0, 0.1) is 23.7 Å². The summed E-state index contributed by atoms with van der Waals surface area (Å²) in [6.45, 7) is 9.78. The molecule has 8 unspecified atom stereocenters. The first-order chi connectivity index (χ1) is 24.8. The highest BCUT2D eigenvalue weighted by Crippen LogP contribution is 2.54. The number of nitrogens with two attached hydrogens (primary N) is 1. The lowest BCUT2D eigenvalue weighted by Gasteiger charge is -2.28. The second-order valence-electron chi connectivity index (χ2n) is 14.2. The van der Waals surface area contributed by atoms with Crippen LogP contribution in [0.2, 0.25) is 0 Å². The van der Waals surface area contributed by atoms with Crippen molar-refractivity contribution >= 4 is 46.9 Å². The van der Waals surface area contributed by atoms with Gasteiger partial charge in [-0.25, -0.2) is 19.4 Å². The van der Waals surface area contributed by atoms with Crippen molar-refractivity contribution in [3.8, 4) is 0 Å². The van der Waals surface area contributed by atoms with Gasteiger partial charge in [0.1, 0.15) is 24.4 Å². The summed E-state index contributed by atoms with van der Waals surface area (Å²) < 4.78 is 22.8. The molecule has 8 rings (SSSR count). The lowest BCUT2D eigenvalue weighted by molar-refractivity contribution is -0.149. The van der Waals surface area contributed by atoms with Crippen molar-refractivity contribution in [2.45, 2.75) is 43.3 Å². The standard InChI is InChI=1S/C39H35N3O10/c1-19(2)36(47)49-17-38-15-13-25(51-38)27-29(38)34(45)41(32(27)43)23-9-5-21(6-10-23)31(40)22-7-11-24(12-8-22)42-33(44)28-26-14-16-39(52-26,30(28)35(42)46)18-50-37(48)20(3)4/h5-16,25-31H,1,3,17-18,40H2,2,4H3. The molecular formula is C39H35N3O10. The summed E-state index contributed by atoms with van der Waals surface area (Å²) in [4.78, 5) is 81.1. The predicted molar refractivity (Wildman–Crippen MR) is 183 cm³/mol. The van der Waals surface area contributed by atoms with Gasteiger partial charge in [-0.05, 0) is 61.4 Å². The molecule has 0 saturated carbocycles. The molecule has 2 aromatic rings. The molecule has 4 amide bonds. The molecule has 2 aromatic carbocycles. The van der Waals surface area contributed by atoms with E-state index in [2.05, 4.69) is 13.2 Å². The van der Waals surface area contributed by atoms with Crippen molar-refractivity contribution in [2.24, 2.45) is 29.4 Å². The largest absolute Gasteiger partial charge is 0.459 e. The molecule has 0 aromatic heterocycles. The van der Waals surface area contributed by atoms with Crippen molar-refractivity contribution in [3.63, 3.8) is 0 Å². The molecule has 4 saturated heterocycles. The molecule has 0 radical (unpaired) electrons. The fourth-order valence-corrected chi connectivity index (χ4v) is 8.30. The molecule has 6 heterocycles. The molecule has 13 nitrogen and oxygen atoms in total. The van der Waals surface area contributed by atoms with Gasteiger partial charge in [-0.3, -0.25) is 19.2 Å². The van der Waals surface area contributed by atoms with Crippen molar-refractivity contribution in [1.29, 1.82) is 0 Å². The number of nitrogens with zero attached hydrogens (tertiary/aromatic N) is 2. The van der Waals surface area contributed by atoms with Crippen LogP contribution < -0.4 is 15.5 Å².